The number of carbonyl (C=O) groups is 1. The quantitative estimate of drug-likeness (QED) is 0.238. The molecule has 3 N–H and O–H groups in total. The highest BCUT2D eigenvalue weighted by atomic mass is 35.5. The van der Waals surface area contributed by atoms with Gasteiger partial charge in [-0.1, -0.05) is 59.1 Å². The number of nitrogens with zero attached hydrogens (tertiary/aromatic N) is 3. The number of aliphatic hydroxyl groups excluding tert-OH is 1. The Bertz CT molecular complexity index is 1790. The Hall–Kier alpha value is -3.58. The molecule has 0 bridgehead atoms. The molecule has 0 saturated carbocycles. The van der Waals surface area contributed by atoms with Crippen molar-refractivity contribution in [3.8, 4) is 28.3 Å². The van der Waals surface area contributed by atoms with Crippen molar-refractivity contribution in [3.63, 3.8) is 0 Å². The Balaban J connectivity index is 1.45. The van der Waals surface area contributed by atoms with Gasteiger partial charge in [-0.2, -0.15) is 5.10 Å². The van der Waals surface area contributed by atoms with Crippen LogP contribution in [-0.2, 0) is 18.3 Å². The first-order valence-corrected chi connectivity index (χ1v) is 14.6. The van der Waals surface area contributed by atoms with Gasteiger partial charge in [0, 0.05) is 48.5 Å². The highest BCUT2D eigenvalue weighted by molar-refractivity contribution is 6.40. The monoisotopic (exact) mass is 661 g/mol. The van der Waals surface area contributed by atoms with Crippen molar-refractivity contribution in [2.75, 3.05) is 25.6 Å². The molecule has 2 atom stereocenters. The van der Waals surface area contributed by atoms with Gasteiger partial charge in [-0.3, -0.25) is 9.59 Å². The molecule has 0 radical (unpaired) electrons. The zero-order valence-corrected chi connectivity index (χ0v) is 25.8. The van der Waals surface area contributed by atoms with Gasteiger partial charge in [-0.25, -0.2) is 14.1 Å². The molecule has 44 heavy (non-hydrogen) atoms. The zero-order valence-electron chi connectivity index (χ0n) is 23.5. The standard InChI is InChI=1S/C30H27Cl3FN5O5/c1-39-30(42)25(20(31)13-36-39)28(41)37-23-11-16(34)10-19(27(23)33)17-4-3-5-18(26(17)32)21-7-6-15(29(38-21)43-2)12-35-22-8-9-44-14-24(22)40/h3-7,10-11,13,22,24,35,40H,8-9,12,14H2,1-2H3,(H,37,41). The molecule has 0 spiro atoms. The molecule has 2 aromatic carbocycles. The van der Waals surface area contributed by atoms with E-state index in [-0.39, 0.29) is 44.5 Å². The van der Waals surface area contributed by atoms with E-state index in [1.807, 2.05) is 6.07 Å². The molecule has 5 rings (SSSR count). The van der Waals surface area contributed by atoms with Crippen molar-refractivity contribution >= 4 is 46.4 Å². The van der Waals surface area contributed by atoms with Gasteiger partial charge in [0.1, 0.15) is 11.4 Å². The van der Waals surface area contributed by atoms with Crippen molar-refractivity contribution in [1.29, 1.82) is 0 Å². The number of rotatable bonds is 8. The van der Waals surface area contributed by atoms with E-state index >= 15 is 0 Å². The van der Waals surface area contributed by atoms with Gasteiger partial charge in [0.2, 0.25) is 5.88 Å². The van der Waals surface area contributed by atoms with E-state index < -0.39 is 23.4 Å². The smallest absolute Gasteiger partial charge is 0.280 e. The average Bonchev–Trinajstić information content (AvgIpc) is 3.00. The molecule has 0 aliphatic carbocycles. The fraction of sp³-hybridized carbons (Fsp3) is 0.267. The minimum absolute atomic E-state index is 0.0111. The summed E-state index contributed by atoms with van der Waals surface area (Å²) >= 11 is 19.6. The summed E-state index contributed by atoms with van der Waals surface area (Å²) in [5, 5.41) is 19.8. The molecule has 1 aliphatic rings. The number of aromatic nitrogens is 3. The van der Waals surface area contributed by atoms with E-state index in [0.29, 0.717) is 42.3 Å². The van der Waals surface area contributed by atoms with E-state index in [4.69, 9.17) is 44.3 Å². The molecule has 1 saturated heterocycles. The van der Waals surface area contributed by atoms with Crippen LogP contribution < -0.4 is 20.9 Å². The number of amides is 1. The second kappa shape index (κ2) is 13.6. The van der Waals surface area contributed by atoms with Crippen LogP contribution in [0.1, 0.15) is 22.3 Å². The largest absolute Gasteiger partial charge is 0.481 e. The molecular formula is C30H27Cl3FN5O5. The number of benzene rings is 2. The summed E-state index contributed by atoms with van der Waals surface area (Å²) in [5.74, 6) is -1.22. The summed E-state index contributed by atoms with van der Waals surface area (Å²) in [6.07, 6.45) is 1.24. The first-order valence-electron chi connectivity index (χ1n) is 13.4. The van der Waals surface area contributed by atoms with Crippen LogP contribution in [-0.4, -0.2) is 58.2 Å². The van der Waals surface area contributed by atoms with Crippen LogP contribution in [0.3, 0.4) is 0 Å². The number of halogens is 4. The fourth-order valence-corrected chi connectivity index (χ4v) is 5.65. The maximum absolute atomic E-state index is 14.9. The van der Waals surface area contributed by atoms with Gasteiger partial charge in [0.15, 0.2) is 0 Å². The molecule has 1 aliphatic heterocycles. The number of carbonyl (C=O) groups excluding carboxylic acids is 1. The molecule has 1 fully saturated rings. The van der Waals surface area contributed by atoms with Gasteiger partial charge >= 0.3 is 0 Å². The second-order valence-corrected chi connectivity index (χ2v) is 11.2. The van der Waals surface area contributed by atoms with Gasteiger partial charge in [0.25, 0.3) is 11.5 Å². The third kappa shape index (κ3) is 6.58. The number of methoxy groups -OCH3 is 1. The number of ether oxygens (including phenoxy) is 2. The Morgan fingerprint density at radius 1 is 1.16 bits per heavy atom. The van der Waals surface area contributed by atoms with E-state index in [0.717, 1.165) is 22.5 Å². The molecule has 3 heterocycles. The molecule has 2 aromatic heterocycles. The SMILES string of the molecule is COc1nc(-c2cccc(-c3cc(F)cc(NC(=O)c4c(Cl)cnn(C)c4=O)c3Cl)c2Cl)ccc1CNC1CCOCC1O. The molecular weight excluding hydrogens is 636 g/mol. The van der Waals surface area contributed by atoms with Crippen molar-refractivity contribution in [3.05, 3.63) is 91.0 Å². The van der Waals surface area contributed by atoms with E-state index in [9.17, 15) is 19.1 Å². The number of anilines is 1. The van der Waals surface area contributed by atoms with Crippen LogP contribution in [0.5, 0.6) is 5.88 Å². The Morgan fingerprint density at radius 3 is 2.68 bits per heavy atom. The third-order valence-electron chi connectivity index (χ3n) is 7.18. The Kier molecular flexibility index (Phi) is 9.84. The summed E-state index contributed by atoms with van der Waals surface area (Å²) < 4.78 is 26.7. The lowest BCUT2D eigenvalue weighted by Crippen LogP contribution is -2.46. The first kappa shape index (κ1) is 31.8. The maximum Gasteiger partial charge on any atom is 0.280 e. The van der Waals surface area contributed by atoms with Gasteiger partial charge in [-0.15, -0.1) is 0 Å². The number of hydrogen-bond acceptors (Lipinski definition) is 8. The summed E-state index contributed by atoms with van der Waals surface area (Å²) in [7, 11) is 2.87. The lowest BCUT2D eigenvalue weighted by atomic mass is 10.00. The molecule has 1 amide bonds. The molecule has 14 heteroatoms. The van der Waals surface area contributed by atoms with E-state index in [1.165, 1.54) is 20.2 Å². The van der Waals surface area contributed by atoms with Gasteiger partial charge < -0.3 is 25.2 Å². The zero-order chi connectivity index (χ0) is 31.5. The molecule has 2 unspecified atom stereocenters. The van der Waals surface area contributed by atoms with Crippen LogP contribution >= 0.6 is 34.8 Å². The average molecular weight is 663 g/mol. The van der Waals surface area contributed by atoms with Crippen LogP contribution in [0.15, 0.2) is 53.5 Å². The number of hydrogen-bond donors (Lipinski definition) is 3. The minimum atomic E-state index is -0.881. The number of nitrogens with one attached hydrogen (secondary N) is 2. The number of aliphatic hydroxyl groups is 1. The maximum atomic E-state index is 14.9. The summed E-state index contributed by atoms with van der Waals surface area (Å²) in [6.45, 7) is 1.26. The predicted molar refractivity (Wildman–Crippen MR) is 166 cm³/mol. The highest BCUT2D eigenvalue weighted by Gasteiger charge is 2.24. The predicted octanol–water partition coefficient (Wildman–Crippen LogP) is 5.11. The van der Waals surface area contributed by atoms with Crippen molar-refractivity contribution < 1.29 is 23.8 Å². The van der Waals surface area contributed by atoms with Crippen LogP contribution in [0, 0.1) is 5.82 Å². The van der Waals surface area contributed by atoms with Crippen molar-refractivity contribution in [1.82, 2.24) is 20.1 Å². The first-order chi connectivity index (χ1) is 21.1. The second-order valence-electron chi connectivity index (χ2n) is 10.0. The Morgan fingerprint density at radius 2 is 1.93 bits per heavy atom. The fourth-order valence-electron chi connectivity index (χ4n) is 4.86. The van der Waals surface area contributed by atoms with E-state index in [2.05, 4.69) is 20.7 Å². The van der Waals surface area contributed by atoms with Crippen LogP contribution in [0.2, 0.25) is 15.1 Å². The van der Waals surface area contributed by atoms with Crippen molar-refractivity contribution in [2.45, 2.75) is 25.1 Å². The van der Waals surface area contributed by atoms with E-state index in [1.54, 1.807) is 24.3 Å². The van der Waals surface area contributed by atoms with Gasteiger partial charge in [0.05, 0.1) is 52.5 Å². The number of pyridine rings is 1. The number of aryl methyl sites for hydroxylation is 1. The lowest BCUT2D eigenvalue weighted by molar-refractivity contribution is -0.0281. The summed E-state index contributed by atoms with van der Waals surface area (Å²) in [6, 6.07) is 10.9. The van der Waals surface area contributed by atoms with Crippen LogP contribution in [0.25, 0.3) is 22.4 Å². The molecule has 230 valence electrons. The van der Waals surface area contributed by atoms with Crippen molar-refractivity contribution in [2.24, 2.45) is 7.05 Å². The normalized spacial score (nSPS) is 16.5. The minimum Gasteiger partial charge on any atom is -0.481 e. The van der Waals surface area contributed by atoms with Gasteiger partial charge in [-0.05, 0) is 24.6 Å². The molecule has 4 aromatic rings. The lowest BCUT2D eigenvalue weighted by Gasteiger charge is -2.28. The summed E-state index contributed by atoms with van der Waals surface area (Å²) in [4.78, 5) is 30.1. The topological polar surface area (TPSA) is 128 Å². The molecule has 10 nitrogen and oxygen atoms in total. The van der Waals surface area contributed by atoms with Crippen LogP contribution in [0.4, 0.5) is 10.1 Å². The highest BCUT2D eigenvalue weighted by Crippen LogP contribution is 2.42. The summed E-state index contributed by atoms with van der Waals surface area (Å²) in [5.41, 5.74) is 1.19. The third-order valence-corrected chi connectivity index (χ3v) is 8.28. The Labute approximate surface area is 266 Å².